The summed E-state index contributed by atoms with van der Waals surface area (Å²) in [6.45, 7) is 9.25. The molecule has 0 fully saturated rings. The van der Waals surface area contributed by atoms with Gasteiger partial charge in [-0.3, -0.25) is 4.79 Å². The van der Waals surface area contributed by atoms with Gasteiger partial charge in [-0.15, -0.1) is 0 Å². The molecule has 6 nitrogen and oxygen atoms in total. The molecule has 1 N–H and O–H groups in total. The number of hydrogen-bond acceptors (Lipinski definition) is 4. The van der Waals surface area contributed by atoms with E-state index in [0.29, 0.717) is 13.0 Å². The van der Waals surface area contributed by atoms with Crippen molar-refractivity contribution in [1.82, 2.24) is 9.21 Å². The maximum absolute atomic E-state index is 12.7. The fourth-order valence-electron chi connectivity index (χ4n) is 2.96. The minimum Gasteiger partial charge on any atom is -0.324 e. The second-order valence-corrected chi connectivity index (χ2v) is 9.90. The summed E-state index contributed by atoms with van der Waals surface area (Å²) in [7, 11) is 0.427. The molecule has 0 bridgehead atoms. The first kappa shape index (κ1) is 23.6. The summed E-state index contributed by atoms with van der Waals surface area (Å²) < 4.78 is 25.4. The molecule has 27 heavy (non-hydrogen) atoms. The van der Waals surface area contributed by atoms with Gasteiger partial charge in [-0.1, -0.05) is 45.9 Å². The van der Waals surface area contributed by atoms with Gasteiger partial charge in [0.1, 0.15) is 0 Å². The number of anilines is 1. The van der Waals surface area contributed by atoms with Crippen LogP contribution in [0.25, 0.3) is 0 Å². The van der Waals surface area contributed by atoms with Crippen LogP contribution in [0.3, 0.4) is 0 Å². The van der Waals surface area contributed by atoms with Gasteiger partial charge in [-0.25, -0.2) is 8.42 Å². The van der Waals surface area contributed by atoms with Crippen LogP contribution >= 0.6 is 0 Å². The Morgan fingerprint density at radius 2 is 1.56 bits per heavy atom. The lowest BCUT2D eigenvalue weighted by Gasteiger charge is -2.23. The molecule has 0 heterocycles. The molecular weight excluding hydrogens is 362 g/mol. The maximum atomic E-state index is 12.7. The maximum Gasteiger partial charge on any atom is 0.239 e. The van der Waals surface area contributed by atoms with E-state index in [9.17, 15) is 13.2 Å². The van der Waals surface area contributed by atoms with Gasteiger partial charge in [0, 0.05) is 12.2 Å². The van der Waals surface area contributed by atoms with Gasteiger partial charge in [-0.05, 0) is 50.0 Å². The second kappa shape index (κ2) is 10.2. The molecule has 0 saturated heterocycles. The summed E-state index contributed by atoms with van der Waals surface area (Å²) in [4.78, 5) is 14.7. The van der Waals surface area contributed by atoms with Crippen LogP contribution in [0.2, 0.25) is 0 Å². The Hall–Kier alpha value is -1.44. The molecule has 1 amide bonds. The van der Waals surface area contributed by atoms with Crippen LogP contribution in [-0.4, -0.2) is 63.5 Å². The Morgan fingerprint density at radius 1 is 1.04 bits per heavy atom. The SMILES string of the molecule is CC(C)c1cccc(C(C)C)c1NC(=O)CN(CCCN(C)C)S(C)(=O)=O. The summed E-state index contributed by atoms with van der Waals surface area (Å²) in [5, 5.41) is 2.99. The predicted octanol–water partition coefficient (Wildman–Crippen LogP) is 3.09. The van der Waals surface area contributed by atoms with E-state index in [1.54, 1.807) is 0 Å². The zero-order chi connectivity index (χ0) is 20.8. The van der Waals surface area contributed by atoms with Crippen LogP contribution in [0.4, 0.5) is 5.69 Å². The summed E-state index contributed by atoms with van der Waals surface area (Å²) >= 11 is 0. The first-order valence-electron chi connectivity index (χ1n) is 9.46. The summed E-state index contributed by atoms with van der Waals surface area (Å²) in [5.41, 5.74) is 2.94. The monoisotopic (exact) mass is 397 g/mol. The van der Waals surface area contributed by atoms with E-state index in [2.05, 4.69) is 33.0 Å². The highest BCUT2D eigenvalue weighted by atomic mass is 32.2. The number of sulfonamides is 1. The van der Waals surface area contributed by atoms with E-state index in [0.717, 1.165) is 29.6 Å². The third-order valence-electron chi connectivity index (χ3n) is 4.44. The van der Waals surface area contributed by atoms with Gasteiger partial charge in [0.15, 0.2) is 0 Å². The summed E-state index contributed by atoms with van der Waals surface area (Å²) in [6.07, 6.45) is 1.82. The Labute approximate surface area is 165 Å². The molecule has 0 aliphatic carbocycles. The molecule has 0 aromatic heterocycles. The van der Waals surface area contributed by atoms with Crippen molar-refractivity contribution in [1.29, 1.82) is 0 Å². The summed E-state index contributed by atoms with van der Waals surface area (Å²) in [5.74, 6) is 0.204. The van der Waals surface area contributed by atoms with Crippen molar-refractivity contribution in [2.45, 2.75) is 46.0 Å². The van der Waals surface area contributed by atoms with Gasteiger partial charge in [0.2, 0.25) is 15.9 Å². The van der Waals surface area contributed by atoms with E-state index in [1.807, 2.05) is 37.2 Å². The Balaban J connectivity index is 2.99. The minimum atomic E-state index is -3.45. The highest BCUT2D eigenvalue weighted by molar-refractivity contribution is 7.88. The topological polar surface area (TPSA) is 69.7 Å². The third-order valence-corrected chi connectivity index (χ3v) is 5.69. The van der Waals surface area contributed by atoms with Crippen molar-refractivity contribution < 1.29 is 13.2 Å². The Kier molecular flexibility index (Phi) is 8.91. The Bertz CT molecular complexity index is 702. The number of carbonyl (C=O) groups excluding carboxylic acids is 1. The van der Waals surface area contributed by atoms with E-state index in [4.69, 9.17) is 0 Å². The van der Waals surface area contributed by atoms with Gasteiger partial charge in [-0.2, -0.15) is 4.31 Å². The lowest BCUT2D eigenvalue weighted by atomic mass is 9.92. The molecule has 154 valence electrons. The molecule has 0 saturated carbocycles. The average Bonchev–Trinajstić information content (AvgIpc) is 2.52. The lowest BCUT2D eigenvalue weighted by Crippen LogP contribution is -2.39. The fourth-order valence-corrected chi connectivity index (χ4v) is 3.77. The normalized spacial score (nSPS) is 12.4. The zero-order valence-corrected chi connectivity index (χ0v) is 18.6. The molecule has 0 spiro atoms. The number of nitrogens with one attached hydrogen (secondary N) is 1. The number of para-hydroxylation sites is 1. The molecule has 0 aliphatic heterocycles. The number of carbonyl (C=O) groups is 1. The zero-order valence-electron chi connectivity index (χ0n) is 17.7. The average molecular weight is 398 g/mol. The number of benzene rings is 1. The second-order valence-electron chi connectivity index (χ2n) is 7.92. The largest absolute Gasteiger partial charge is 0.324 e. The molecule has 1 aromatic carbocycles. The number of nitrogens with zero attached hydrogens (tertiary/aromatic N) is 2. The van der Waals surface area contributed by atoms with E-state index in [1.165, 1.54) is 4.31 Å². The molecule has 0 atom stereocenters. The van der Waals surface area contributed by atoms with Crippen LogP contribution < -0.4 is 5.32 Å². The van der Waals surface area contributed by atoms with Crippen molar-refractivity contribution in [3.63, 3.8) is 0 Å². The van der Waals surface area contributed by atoms with Crippen LogP contribution in [0.1, 0.15) is 57.1 Å². The number of rotatable bonds is 10. The highest BCUT2D eigenvalue weighted by Crippen LogP contribution is 2.32. The first-order chi connectivity index (χ1) is 12.4. The molecule has 0 radical (unpaired) electrons. The van der Waals surface area contributed by atoms with Gasteiger partial charge < -0.3 is 10.2 Å². The Morgan fingerprint density at radius 3 is 1.96 bits per heavy atom. The highest BCUT2D eigenvalue weighted by Gasteiger charge is 2.22. The molecule has 7 heteroatoms. The molecule has 0 aliphatic rings. The van der Waals surface area contributed by atoms with Crippen LogP contribution in [0, 0.1) is 0 Å². The minimum absolute atomic E-state index is 0.170. The first-order valence-corrected chi connectivity index (χ1v) is 11.3. The van der Waals surface area contributed by atoms with Crippen molar-refractivity contribution in [3.05, 3.63) is 29.3 Å². The van der Waals surface area contributed by atoms with Crippen molar-refractivity contribution in [3.8, 4) is 0 Å². The van der Waals surface area contributed by atoms with E-state index >= 15 is 0 Å². The van der Waals surface area contributed by atoms with Gasteiger partial charge >= 0.3 is 0 Å². The van der Waals surface area contributed by atoms with E-state index in [-0.39, 0.29) is 24.3 Å². The number of hydrogen-bond donors (Lipinski definition) is 1. The van der Waals surface area contributed by atoms with Crippen LogP contribution in [0.15, 0.2) is 18.2 Å². The van der Waals surface area contributed by atoms with Crippen molar-refractivity contribution in [2.75, 3.05) is 45.3 Å². The molecule has 1 rings (SSSR count). The summed E-state index contributed by atoms with van der Waals surface area (Å²) in [6, 6.07) is 6.03. The van der Waals surface area contributed by atoms with Gasteiger partial charge in [0.05, 0.1) is 12.8 Å². The van der Waals surface area contributed by atoms with Crippen molar-refractivity contribution >= 4 is 21.6 Å². The standard InChI is InChI=1S/C20H35N3O3S/c1-15(2)17-10-8-11-18(16(3)4)20(17)21-19(24)14-23(27(7,25)26)13-9-12-22(5)6/h8,10-11,15-16H,9,12-14H2,1-7H3,(H,21,24). The predicted molar refractivity (Wildman–Crippen MR) is 113 cm³/mol. The molecule has 1 aromatic rings. The van der Waals surface area contributed by atoms with Crippen LogP contribution in [0.5, 0.6) is 0 Å². The van der Waals surface area contributed by atoms with Crippen LogP contribution in [-0.2, 0) is 14.8 Å². The van der Waals surface area contributed by atoms with Gasteiger partial charge in [0.25, 0.3) is 0 Å². The quantitative estimate of drug-likeness (QED) is 0.659. The smallest absolute Gasteiger partial charge is 0.239 e. The number of amides is 1. The molecule has 0 unspecified atom stereocenters. The fraction of sp³-hybridized carbons (Fsp3) is 0.650. The lowest BCUT2D eigenvalue weighted by molar-refractivity contribution is -0.116. The van der Waals surface area contributed by atoms with E-state index < -0.39 is 10.0 Å². The molecular formula is C20H35N3O3S. The third kappa shape index (κ3) is 7.60. The van der Waals surface area contributed by atoms with Crippen molar-refractivity contribution in [2.24, 2.45) is 0 Å².